The van der Waals surface area contributed by atoms with Crippen LogP contribution < -0.4 is 5.32 Å². The van der Waals surface area contributed by atoms with Crippen molar-refractivity contribution in [1.29, 1.82) is 0 Å². The van der Waals surface area contributed by atoms with E-state index in [-0.39, 0.29) is 16.8 Å². The highest BCUT2D eigenvalue weighted by Gasteiger charge is 2.34. The van der Waals surface area contributed by atoms with Crippen molar-refractivity contribution in [3.8, 4) is 0 Å². The standard InChI is InChI=1S/C13H10BrClF3NS/c1-7(10-5-6-11(14)20-10)19-12-8(13(16,17)18)3-2-4-9(12)15/h2-7,19H,1H3. The maximum Gasteiger partial charge on any atom is 0.418 e. The van der Waals surface area contributed by atoms with Gasteiger partial charge in [0.25, 0.3) is 0 Å². The van der Waals surface area contributed by atoms with Gasteiger partial charge in [-0.15, -0.1) is 11.3 Å². The zero-order valence-electron chi connectivity index (χ0n) is 10.3. The average molecular weight is 385 g/mol. The first-order valence-corrected chi connectivity index (χ1v) is 7.65. The van der Waals surface area contributed by atoms with Crippen molar-refractivity contribution in [2.75, 3.05) is 5.32 Å². The molecule has 0 fully saturated rings. The van der Waals surface area contributed by atoms with Gasteiger partial charge in [0.2, 0.25) is 0 Å². The van der Waals surface area contributed by atoms with Gasteiger partial charge in [-0.2, -0.15) is 13.2 Å². The van der Waals surface area contributed by atoms with Crippen LogP contribution >= 0.6 is 38.9 Å². The van der Waals surface area contributed by atoms with E-state index in [1.807, 2.05) is 12.1 Å². The van der Waals surface area contributed by atoms with Crippen LogP contribution in [0, 0.1) is 0 Å². The second kappa shape index (κ2) is 5.95. The number of nitrogens with one attached hydrogen (secondary N) is 1. The molecular formula is C13H10BrClF3NS. The second-order valence-corrected chi connectivity index (χ2v) is 7.07. The summed E-state index contributed by atoms with van der Waals surface area (Å²) < 4.78 is 39.9. The maximum atomic E-state index is 13.0. The lowest BCUT2D eigenvalue weighted by Gasteiger charge is -2.19. The summed E-state index contributed by atoms with van der Waals surface area (Å²) in [6.07, 6.45) is -4.44. The van der Waals surface area contributed by atoms with Gasteiger partial charge in [-0.1, -0.05) is 17.7 Å². The quantitative estimate of drug-likeness (QED) is 0.649. The van der Waals surface area contributed by atoms with E-state index < -0.39 is 11.7 Å². The molecule has 0 radical (unpaired) electrons. The average Bonchev–Trinajstić information content (AvgIpc) is 2.77. The molecule has 7 heteroatoms. The lowest BCUT2D eigenvalue weighted by atomic mass is 10.1. The van der Waals surface area contributed by atoms with E-state index in [0.717, 1.165) is 14.7 Å². The molecule has 1 aromatic carbocycles. The van der Waals surface area contributed by atoms with E-state index in [1.165, 1.54) is 23.5 Å². The Bertz CT molecular complexity index is 612. The molecule has 1 N–H and O–H groups in total. The van der Waals surface area contributed by atoms with Crippen LogP contribution in [0.2, 0.25) is 5.02 Å². The number of rotatable bonds is 3. The van der Waals surface area contributed by atoms with Gasteiger partial charge in [0.1, 0.15) is 0 Å². The normalized spacial score (nSPS) is 13.3. The molecule has 0 aliphatic heterocycles. The zero-order valence-corrected chi connectivity index (χ0v) is 13.4. The lowest BCUT2D eigenvalue weighted by Crippen LogP contribution is -2.13. The maximum absolute atomic E-state index is 13.0. The van der Waals surface area contributed by atoms with Gasteiger partial charge in [0.05, 0.1) is 26.1 Å². The molecule has 0 saturated heterocycles. The molecule has 2 aromatic rings. The summed E-state index contributed by atoms with van der Waals surface area (Å²) >= 11 is 10.7. The summed E-state index contributed by atoms with van der Waals surface area (Å²) in [7, 11) is 0. The summed E-state index contributed by atoms with van der Waals surface area (Å²) in [6.45, 7) is 1.79. The molecule has 20 heavy (non-hydrogen) atoms. The van der Waals surface area contributed by atoms with Crippen LogP contribution in [0.15, 0.2) is 34.1 Å². The first kappa shape index (κ1) is 15.7. The van der Waals surface area contributed by atoms with Crippen molar-refractivity contribution in [1.82, 2.24) is 0 Å². The van der Waals surface area contributed by atoms with Gasteiger partial charge in [0.15, 0.2) is 0 Å². The summed E-state index contributed by atoms with van der Waals surface area (Å²) in [6, 6.07) is 7.20. The summed E-state index contributed by atoms with van der Waals surface area (Å²) in [5, 5.41) is 2.91. The van der Waals surface area contributed by atoms with Gasteiger partial charge in [-0.25, -0.2) is 0 Å². The molecule has 2 rings (SSSR count). The third kappa shape index (κ3) is 3.48. The summed E-state index contributed by atoms with van der Waals surface area (Å²) in [4.78, 5) is 0.921. The Morgan fingerprint density at radius 2 is 1.95 bits per heavy atom. The Hall–Kier alpha value is -0.720. The van der Waals surface area contributed by atoms with Crippen molar-refractivity contribution in [3.05, 3.63) is 49.6 Å². The van der Waals surface area contributed by atoms with E-state index in [1.54, 1.807) is 6.92 Å². The predicted molar refractivity (Wildman–Crippen MR) is 80.5 cm³/mol. The van der Waals surface area contributed by atoms with Gasteiger partial charge in [0, 0.05) is 4.88 Å². The fraction of sp³-hybridized carbons (Fsp3) is 0.231. The first-order valence-electron chi connectivity index (χ1n) is 5.66. The zero-order chi connectivity index (χ0) is 14.9. The van der Waals surface area contributed by atoms with Crippen molar-refractivity contribution in [3.63, 3.8) is 0 Å². The molecule has 0 amide bonds. The monoisotopic (exact) mass is 383 g/mol. The minimum absolute atomic E-state index is 0.0577. The van der Waals surface area contributed by atoms with Crippen LogP contribution in [-0.4, -0.2) is 0 Å². The van der Waals surface area contributed by atoms with Gasteiger partial charge >= 0.3 is 6.18 Å². The van der Waals surface area contributed by atoms with E-state index in [0.29, 0.717) is 0 Å². The minimum Gasteiger partial charge on any atom is -0.376 e. The highest BCUT2D eigenvalue weighted by Crippen LogP contribution is 2.40. The highest BCUT2D eigenvalue weighted by atomic mass is 79.9. The molecule has 108 valence electrons. The summed E-state index contributed by atoms with van der Waals surface area (Å²) in [5.74, 6) is 0. The molecule has 1 nitrogen and oxygen atoms in total. The highest BCUT2D eigenvalue weighted by molar-refractivity contribution is 9.11. The number of anilines is 1. The molecule has 0 aliphatic carbocycles. The predicted octanol–water partition coefficient (Wildman–Crippen LogP) is 6.36. The van der Waals surface area contributed by atoms with E-state index in [4.69, 9.17) is 11.6 Å². The molecule has 0 saturated carbocycles. The van der Waals surface area contributed by atoms with Crippen molar-refractivity contribution in [2.24, 2.45) is 0 Å². The van der Waals surface area contributed by atoms with Crippen molar-refractivity contribution in [2.45, 2.75) is 19.1 Å². The molecule has 1 aromatic heterocycles. The molecule has 1 heterocycles. The number of benzene rings is 1. The Kier molecular flexibility index (Phi) is 4.66. The molecular weight excluding hydrogens is 375 g/mol. The van der Waals surface area contributed by atoms with E-state index in [2.05, 4.69) is 21.2 Å². The van der Waals surface area contributed by atoms with Gasteiger partial charge in [-0.05, 0) is 47.1 Å². The number of hydrogen-bond donors (Lipinski definition) is 1. The third-order valence-electron chi connectivity index (χ3n) is 2.70. The van der Waals surface area contributed by atoms with Crippen molar-refractivity contribution >= 4 is 44.6 Å². The van der Waals surface area contributed by atoms with Crippen molar-refractivity contribution < 1.29 is 13.2 Å². The van der Waals surface area contributed by atoms with Gasteiger partial charge < -0.3 is 5.32 Å². The Labute approximate surface area is 131 Å². The molecule has 0 spiro atoms. The van der Waals surface area contributed by atoms with Crippen LogP contribution in [0.3, 0.4) is 0 Å². The van der Waals surface area contributed by atoms with Crippen LogP contribution in [0.5, 0.6) is 0 Å². The smallest absolute Gasteiger partial charge is 0.376 e. The lowest BCUT2D eigenvalue weighted by molar-refractivity contribution is -0.137. The SMILES string of the molecule is CC(Nc1c(Cl)cccc1C(F)(F)F)c1ccc(Br)s1. The second-order valence-electron chi connectivity index (χ2n) is 4.17. The number of thiophene rings is 1. The third-order valence-corrected chi connectivity index (χ3v) is 4.82. The Balaban J connectivity index is 2.33. The van der Waals surface area contributed by atoms with E-state index in [9.17, 15) is 13.2 Å². The van der Waals surface area contributed by atoms with Crippen LogP contribution in [0.1, 0.15) is 23.4 Å². The number of halogens is 5. The van der Waals surface area contributed by atoms with Crippen LogP contribution in [0.4, 0.5) is 18.9 Å². The number of para-hydroxylation sites is 1. The van der Waals surface area contributed by atoms with Crippen LogP contribution in [-0.2, 0) is 6.18 Å². The van der Waals surface area contributed by atoms with Gasteiger partial charge in [-0.3, -0.25) is 0 Å². The molecule has 0 bridgehead atoms. The Morgan fingerprint density at radius 3 is 2.50 bits per heavy atom. The molecule has 0 aliphatic rings. The summed E-state index contributed by atoms with van der Waals surface area (Å²) in [5.41, 5.74) is -0.842. The van der Waals surface area contributed by atoms with Crippen LogP contribution in [0.25, 0.3) is 0 Å². The minimum atomic E-state index is -4.44. The Morgan fingerprint density at radius 1 is 1.25 bits per heavy atom. The molecule has 1 unspecified atom stereocenters. The first-order chi connectivity index (χ1) is 9.29. The molecule has 1 atom stereocenters. The largest absolute Gasteiger partial charge is 0.418 e. The number of alkyl halides is 3. The fourth-order valence-corrected chi connectivity index (χ4v) is 3.41. The fourth-order valence-electron chi connectivity index (χ4n) is 1.76. The number of hydrogen-bond acceptors (Lipinski definition) is 2. The topological polar surface area (TPSA) is 12.0 Å². The van der Waals surface area contributed by atoms with E-state index >= 15 is 0 Å².